The zero-order chi connectivity index (χ0) is 23.5. The number of nitrogens with one attached hydrogen (secondary N) is 1. The summed E-state index contributed by atoms with van der Waals surface area (Å²) in [5.41, 5.74) is 3.50. The van der Waals surface area contributed by atoms with E-state index in [0.717, 1.165) is 36.1 Å². The number of aliphatic hydroxyl groups is 1. The third-order valence-corrected chi connectivity index (χ3v) is 7.06. The molecule has 2 aliphatic heterocycles. The molecule has 7 heteroatoms. The number of carbonyl (C=O) groups is 1. The summed E-state index contributed by atoms with van der Waals surface area (Å²) < 4.78 is 14.1. The van der Waals surface area contributed by atoms with E-state index in [1.54, 1.807) is 29.3 Å². The second-order valence-electron chi connectivity index (χ2n) is 9.01. The lowest BCUT2D eigenvalue weighted by Crippen LogP contribution is -2.68. The van der Waals surface area contributed by atoms with Gasteiger partial charge < -0.3 is 15.3 Å². The number of aromatic nitrogens is 1. The molecule has 3 atom stereocenters. The number of aliphatic hydroxyl groups excluding tert-OH is 1. The second kappa shape index (κ2) is 9.91. The van der Waals surface area contributed by atoms with Gasteiger partial charge in [0.25, 0.3) is 0 Å². The highest BCUT2D eigenvalue weighted by Gasteiger charge is 2.49. The fraction of sp³-hybridized carbons (Fsp3) is 0.333. The molecule has 2 aromatic carbocycles. The average molecular weight is 461 g/mol. The van der Waals surface area contributed by atoms with Crippen LogP contribution in [0.5, 0.6) is 0 Å². The molecule has 0 bridgehead atoms. The molecule has 5 rings (SSSR count). The molecule has 6 nitrogen and oxygen atoms in total. The molecule has 0 radical (unpaired) electrons. The normalized spacial score (nSPS) is 22.8. The van der Waals surface area contributed by atoms with Crippen molar-refractivity contribution in [2.24, 2.45) is 0 Å². The highest BCUT2D eigenvalue weighted by atomic mass is 19.1. The smallest absolute Gasteiger partial charge is 0.321 e. The number of rotatable bonds is 4. The Labute approximate surface area is 199 Å². The van der Waals surface area contributed by atoms with Crippen LogP contribution in [0.15, 0.2) is 73.1 Å². The van der Waals surface area contributed by atoms with Crippen molar-refractivity contribution in [3.05, 3.63) is 84.4 Å². The largest absolute Gasteiger partial charge is 0.395 e. The number of hydrogen-bond donors (Lipinski definition) is 2. The summed E-state index contributed by atoms with van der Waals surface area (Å²) in [5.74, 6) is -0.324. The van der Waals surface area contributed by atoms with Crippen molar-refractivity contribution in [1.29, 1.82) is 0 Å². The van der Waals surface area contributed by atoms with E-state index in [9.17, 15) is 14.3 Å². The molecule has 2 aliphatic rings. The molecule has 0 aliphatic carbocycles. The summed E-state index contributed by atoms with van der Waals surface area (Å²) in [6.07, 6.45) is 5.42. The van der Waals surface area contributed by atoms with Crippen molar-refractivity contribution in [2.75, 3.05) is 31.6 Å². The van der Waals surface area contributed by atoms with E-state index >= 15 is 0 Å². The fourth-order valence-corrected chi connectivity index (χ4v) is 5.31. The van der Waals surface area contributed by atoms with E-state index in [1.165, 1.54) is 6.07 Å². The van der Waals surface area contributed by atoms with Crippen LogP contribution >= 0.6 is 0 Å². The van der Waals surface area contributed by atoms with Gasteiger partial charge in [0, 0.05) is 43.5 Å². The first-order valence-electron chi connectivity index (χ1n) is 11.8. The zero-order valence-corrected chi connectivity index (χ0v) is 19.0. The van der Waals surface area contributed by atoms with Crippen molar-refractivity contribution in [1.82, 2.24) is 14.8 Å². The zero-order valence-electron chi connectivity index (χ0n) is 19.0. The Hall–Kier alpha value is -3.29. The minimum absolute atomic E-state index is 0.0313. The van der Waals surface area contributed by atoms with Crippen LogP contribution in [-0.2, 0) is 0 Å². The van der Waals surface area contributed by atoms with Crippen molar-refractivity contribution < 1.29 is 14.3 Å². The van der Waals surface area contributed by atoms with Crippen molar-refractivity contribution in [3.8, 4) is 11.1 Å². The molecule has 176 valence electrons. The molecule has 2 amide bonds. The molecular weight excluding hydrogens is 431 g/mol. The van der Waals surface area contributed by atoms with Gasteiger partial charge in [-0.2, -0.15) is 0 Å². The first-order valence-corrected chi connectivity index (χ1v) is 11.8. The summed E-state index contributed by atoms with van der Waals surface area (Å²) in [5, 5.41) is 12.9. The SMILES string of the molecule is O=C(Nc1ccccc1F)N1CCCCN2[C@@H](CO)[C@H](c3ccc(-c4cccnc4)cc3)[C@@H]2C1. The van der Waals surface area contributed by atoms with Crippen LogP contribution in [0.1, 0.15) is 24.3 Å². The lowest BCUT2D eigenvalue weighted by molar-refractivity contribution is -0.0585. The summed E-state index contributed by atoms with van der Waals surface area (Å²) in [7, 11) is 0. The van der Waals surface area contributed by atoms with Crippen molar-refractivity contribution >= 4 is 11.7 Å². The van der Waals surface area contributed by atoms with E-state index in [-0.39, 0.29) is 36.3 Å². The van der Waals surface area contributed by atoms with Gasteiger partial charge in [0.15, 0.2) is 0 Å². The van der Waals surface area contributed by atoms with Crippen LogP contribution in [-0.4, -0.2) is 64.2 Å². The topological polar surface area (TPSA) is 68.7 Å². The Balaban J connectivity index is 1.35. The molecule has 34 heavy (non-hydrogen) atoms. The van der Waals surface area contributed by atoms with Gasteiger partial charge in [-0.1, -0.05) is 42.5 Å². The number of carbonyl (C=O) groups excluding carboxylic acids is 1. The minimum atomic E-state index is -0.444. The maximum atomic E-state index is 14.1. The van der Waals surface area contributed by atoms with Crippen LogP contribution in [0.2, 0.25) is 0 Å². The van der Waals surface area contributed by atoms with E-state index in [0.29, 0.717) is 13.1 Å². The van der Waals surface area contributed by atoms with E-state index in [2.05, 4.69) is 39.5 Å². The maximum Gasteiger partial charge on any atom is 0.321 e. The summed E-state index contributed by atoms with van der Waals surface area (Å²) in [6.45, 7) is 2.14. The molecule has 3 heterocycles. The predicted molar refractivity (Wildman–Crippen MR) is 130 cm³/mol. The standard InChI is InChI=1S/C27H29FN4O2/c28-22-7-1-2-8-23(22)30-27(34)31-14-3-4-15-32-24(17-31)26(25(32)18-33)20-11-9-19(10-12-20)21-6-5-13-29-16-21/h1-2,5-13,16,24-26,33H,3-4,14-15,17-18H2,(H,30,34)/t24-,25-,26+/m0/s1. The predicted octanol–water partition coefficient (Wildman–Crippen LogP) is 4.34. The molecule has 0 saturated carbocycles. The summed E-state index contributed by atoms with van der Waals surface area (Å²) >= 11 is 0. The molecule has 3 aromatic rings. The molecule has 0 unspecified atom stereocenters. The number of nitrogens with zero attached hydrogens (tertiary/aromatic N) is 3. The van der Waals surface area contributed by atoms with E-state index in [1.807, 2.05) is 18.3 Å². The van der Waals surface area contributed by atoms with Crippen LogP contribution in [0, 0.1) is 5.82 Å². The lowest BCUT2D eigenvalue weighted by Gasteiger charge is -2.57. The molecule has 2 fully saturated rings. The number of para-hydroxylation sites is 1. The number of halogens is 1. The summed E-state index contributed by atoms with van der Waals surface area (Å²) in [4.78, 5) is 21.3. The number of pyridine rings is 1. The third-order valence-electron chi connectivity index (χ3n) is 7.06. The van der Waals surface area contributed by atoms with Gasteiger partial charge in [-0.3, -0.25) is 9.88 Å². The number of hydrogen-bond acceptors (Lipinski definition) is 4. The number of anilines is 1. The van der Waals surface area contributed by atoms with Gasteiger partial charge in [-0.05, 0) is 54.3 Å². The highest BCUT2D eigenvalue weighted by molar-refractivity contribution is 5.89. The molecule has 2 saturated heterocycles. The van der Waals surface area contributed by atoms with Crippen molar-refractivity contribution in [2.45, 2.75) is 30.8 Å². The molecule has 2 N–H and O–H groups in total. The average Bonchev–Trinajstić information content (AvgIpc) is 2.85. The lowest BCUT2D eigenvalue weighted by atomic mass is 9.74. The Morgan fingerprint density at radius 2 is 1.82 bits per heavy atom. The van der Waals surface area contributed by atoms with Gasteiger partial charge in [-0.15, -0.1) is 0 Å². The number of urea groups is 1. The Morgan fingerprint density at radius 3 is 2.56 bits per heavy atom. The highest BCUT2D eigenvalue weighted by Crippen LogP contribution is 2.42. The van der Waals surface area contributed by atoms with Crippen LogP contribution in [0.25, 0.3) is 11.1 Å². The van der Waals surface area contributed by atoms with Crippen LogP contribution in [0.4, 0.5) is 14.9 Å². The van der Waals surface area contributed by atoms with Gasteiger partial charge in [0.1, 0.15) is 5.82 Å². The van der Waals surface area contributed by atoms with Crippen molar-refractivity contribution in [3.63, 3.8) is 0 Å². The van der Waals surface area contributed by atoms with Gasteiger partial charge in [0.05, 0.1) is 12.3 Å². The third kappa shape index (κ3) is 4.41. The quantitative estimate of drug-likeness (QED) is 0.608. The second-order valence-corrected chi connectivity index (χ2v) is 9.01. The van der Waals surface area contributed by atoms with E-state index < -0.39 is 5.82 Å². The molecular formula is C27H29FN4O2. The van der Waals surface area contributed by atoms with Gasteiger partial charge in [0.2, 0.25) is 0 Å². The minimum Gasteiger partial charge on any atom is -0.395 e. The molecule has 0 spiro atoms. The summed E-state index contributed by atoms with van der Waals surface area (Å²) in [6, 6.07) is 18.4. The Kier molecular flexibility index (Phi) is 6.56. The number of benzene rings is 2. The number of amides is 2. The van der Waals surface area contributed by atoms with Crippen LogP contribution < -0.4 is 5.32 Å². The van der Waals surface area contributed by atoms with Gasteiger partial charge in [-0.25, -0.2) is 9.18 Å². The van der Waals surface area contributed by atoms with Crippen LogP contribution in [0.3, 0.4) is 0 Å². The Morgan fingerprint density at radius 1 is 1.03 bits per heavy atom. The first kappa shape index (κ1) is 22.5. The maximum absolute atomic E-state index is 14.1. The monoisotopic (exact) mass is 460 g/mol. The Bertz CT molecular complexity index is 1120. The number of fused-ring (bicyclic) bond motifs is 1. The first-order chi connectivity index (χ1) is 16.7. The molecule has 1 aromatic heterocycles. The fourth-order valence-electron chi connectivity index (χ4n) is 5.31. The van der Waals surface area contributed by atoms with E-state index in [4.69, 9.17) is 0 Å². The van der Waals surface area contributed by atoms with Gasteiger partial charge >= 0.3 is 6.03 Å².